The largest absolute Gasteiger partial charge is 0.447 e. The fourth-order valence-electron chi connectivity index (χ4n) is 2.60. The highest BCUT2D eigenvalue weighted by Crippen LogP contribution is 2.32. The van der Waals surface area contributed by atoms with Crippen molar-refractivity contribution in [2.24, 2.45) is 0 Å². The van der Waals surface area contributed by atoms with E-state index in [1.54, 1.807) is 24.3 Å². The number of hydrogen-bond donors (Lipinski definition) is 0. The number of anilines is 2. The molecule has 3 rings (SSSR count). The number of alkyl halides is 1. The highest BCUT2D eigenvalue weighted by Gasteiger charge is 2.28. The lowest BCUT2D eigenvalue weighted by atomic mass is 10.2. The minimum absolute atomic E-state index is 0.0237. The molecule has 0 spiro atoms. The van der Waals surface area contributed by atoms with Crippen molar-refractivity contribution < 1.29 is 23.1 Å². The van der Waals surface area contributed by atoms with Gasteiger partial charge in [0.25, 0.3) is 5.91 Å². The molecular formula is C16H16FN3O4. The van der Waals surface area contributed by atoms with Gasteiger partial charge in [-0.25, -0.2) is 9.37 Å². The van der Waals surface area contributed by atoms with E-state index in [9.17, 15) is 14.0 Å². The second kappa shape index (κ2) is 7.22. The zero-order chi connectivity index (χ0) is 16.9. The van der Waals surface area contributed by atoms with Crippen LogP contribution in [-0.4, -0.2) is 43.2 Å². The first-order valence-electron chi connectivity index (χ1n) is 7.42. The van der Waals surface area contributed by atoms with Crippen LogP contribution in [0.5, 0.6) is 0 Å². The minimum Gasteiger partial charge on any atom is -0.447 e. The van der Waals surface area contributed by atoms with Crippen molar-refractivity contribution in [1.29, 1.82) is 0 Å². The van der Waals surface area contributed by atoms with Crippen molar-refractivity contribution in [3.63, 3.8) is 0 Å². The van der Waals surface area contributed by atoms with Gasteiger partial charge in [0.2, 0.25) is 6.29 Å². The first-order valence-corrected chi connectivity index (χ1v) is 7.42. The third-order valence-corrected chi connectivity index (χ3v) is 3.72. The SMILES string of the molecule is O=CC(=O)N(Cc1cnco1)c1ccccc1N1CCOCC1F. The van der Waals surface area contributed by atoms with Gasteiger partial charge in [0.15, 0.2) is 12.7 Å². The van der Waals surface area contributed by atoms with E-state index in [-0.39, 0.29) is 19.4 Å². The van der Waals surface area contributed by atoms with Gasteiger partial charge in [-0.15, -0.1) is 0 Å². The average molecular weight is 333 g/mol. The van der Waals surface area contributed by atoms with E-state index in [4.69, 9.17) is 9.15 Å². The third kappa shape index (κ3) is 3.28. The molecule has 1 fully saturated rings. The van der Waals surface area contributed by atoms with Crippen LogP contribution in [0.3, 0.4) is 0 Å². The Bertz CT molecular complexity index is 707. The molecule has 1 aromatic heterocycles. The molecule has 2 aromatic rings. The van der Waals surface area contributed by atoms with Gasteiger partial charge in [-0.05, 0) is 12.1 Å². The molecule has 1 aliphatic rings. The summed E-state index contributed by atoms with van der Waals surface area (Å²) in [5, 5.41) is 0. The smallest absolute Gasteiger partial charge is 0.291 e. The van der Waals surface area contributed by atoms with E-state index in [0.717, 1.165) is 0 Å². The molecule has 2 heterocycles. The number of halogens is 1. The zero-order valence-corrected chi connectivity index (χ0v) is 12.8. The van der Waals surface area contributed by atoms with Gasteiger partial charge in [0.1, 0.15) is 5.76 Å². The maximum absolute atomic E-state index is 14.2. The molecule has 24 heavy (non-hydrogen) atoms. The van der Waals surface area contributed by atoms with Crippen molar-refractivity contribution in [2.75, 3.05) is 29.6 Å². The standard InChI is InChI=1S/C16H16FN3O4/c17-15-10-23-6-5-19(15)13-3-1-2-4-14(13)20(16(22)9-21)8-12-7-18-11-24-12/h1-4,7,9,11,15H,5-6,8,10H2. The zero-order valence-electron chi connectivity index (χ0n) is 12.8. The van der Waals surface area contributed by atoms with Crippen LogP contribution in [0, 0.1) is 0 Å². The number of oxazole rings is 1. The number of morpholine rings is 1. The summed E-state index contributed by atoms with van der Waals surface area (Å²) in [6.45, 7) is 0.718. The molecule has 0 saturated carbocycles. The fraction of sp³-hybridized carbons (Fsp3) is 0.312. The second-order valence-electron chi connectivity index (χ2n) is 5.20. The van der Waals surface area contributed by atoms with Gasteiger partial charge in [-0.1, -0.05) is 12.1 Å². The van der Waals surface area contributed by atoms with E-state index in [2.05, 4.69) is 4.98 Å². The number of carbonyl (C=O) groups excluding carboxylic acids is 2. The lowest BCUT2D eigenvalue weighted by Crippen LogP contribution is -2.44. The van der Waals surface area contributed by atoms with Crippen molar-refractivity contribution in [1.82, 2.24) is 4.98 Å². The van der Waals surface area contributed by atoms with E-state index >= 15 is 0 Å². The fourth-order valence-corrected chi connectivity index (χ4v) is 2.60. The number of amides is 1. The molecule has 126 valence electrons. The monoisotopic (exact) mass is 333 g/mol. The summed E-state index contributed by atoms with van der Waals surface area (Å²) in [5.41, 5.74) is 0.943. The van der Waals surface area contributed by atoms with Crippen LogP contribution in [0.1, 0.15) is 5.76 Å². The van der Waals surface area contributed by atoms with E-state index in [1.165, 1.54) is 22.4 Å². The molecule has 8 heteroatoms. The molecule has 0 bridgehead atoms. The second-order valence-corrected chi connectivity index (χ2v) is 5.20. The number of nitrogens with zero attached hydrogens (tertiary/aromatic N) is 3. The van der Waals surface area contributed by atoms with Crippen LogP contribution < -0.4 is 9.80 Å². The van der Waals surface area contributed by atoms with Gasteiger partial charge in [-0.2, -0.15) is 0 Å². The summed E-state index contributed by atoms with van der Waals surface area (Å²) < 4.78 is 24.5. The van der Waals surface area contributed by atoms with Crippen LogP contribution in [0.4, 0.5) is 15.8 Å². The number of aromatic nitrogens is 1. The Morgan fingerprint density at radius 3 is 3.00 bits per heavy atom. The van der Waals surface area contributed by atoms with Crippen molar-refractivity contribution in [3.8, 4) is 0 Å². The molecular weight excluding hydrogens is 317 g/mol. The Morgan fingerprint density at radius 2 is 2.29 bits per heavy atom. The first kappa shape index (κ1) is 16.1. The Kier molecular flexibility index (Phi) is 4.85. The van der Waals surface area contributed by atoms with E-state index < -0.39 is 12.2 Å². The van der Waals surface area contributed by atoms with Crippen molar-refractivity contribution >= 4 is 23.6 Å². The Hall–Kier alpha value is -2.74. The van der Waals surface area contributed by atoms with Crippen molar-refractivity contribution in [3.05, 3.63) is 42.6 Å². The molecule has 1 unspecified atom stereocenters. The summed E-state index contributed by atoms with van der Waals surface area (Å²) in [5.74, 6) is -0.332. The lowest BCUT2D eigenvalue weighted by molar-refractivity contribution is -0.129. The van der Waals surface area contributed by atoms with Gasteiger partial charge < -0.3 is 14.1 Å². The number of para-hydroxylation sites is 2. The molecule has 0 N–H and O–H groups in total. The Labute approximate surface area is 137 Å². The summed E-state index contributed by atoms with van der Waals surface area (Å²) in [6.07, 6.45) is 1.60. The van der Waals surface area contributed by atoms with Crippen LogP contribution in [0.2, 0.25) is 0 Å². The maximum atomic E-state index is 14.2. The lowest BCUT2D eigenvalue weighted by Gasteiger charge is -2.35. The molecule has 1 amide bonds. The molecule has 7 nitrogen and oxygen atoms in total. The van der Waals surface area contributed by atoms with E-state index in [0.29, 0.717) is 30.3 Å². The molecule has 1 atom stereocenters. The predicted octanol–water partition coefficient (Wildman–Crippen LogP) is 1.54. The van der Waals surface area contributed by atoms with Gasteiger partial charge in [-0.3, -0.25) is 14.5 Å². The normalized spacial score (nSPS) is 17.5. The number of carbonyl (C=O) groups is 2. The molecule has 1 aliphatic heterocycles. The molecule has 0 aliphatic carbocycles. The molecule has 1 saturated heterocycles. The summed E-state index contributed by atoms with van der Waals surface area (Å²) in [6, 6.07) is 6.84. The average Bonchev–Trinajstić information content (AvgIpc) is 3.13. The first-order chi connectivity index (χ1) is 11.7. The summed E-state index contributed by atoms with van der Waals surface area (Å²) in [4.78, 5) is 29.7. The number of hydrogen-bond acceptors (Lipinski definition) is 6. The highest BCUT2D eigenvalue weighted by molar-refractivity contribution is 6.30. The summed E-state index contributed by atoms with van der Waals surface area (Å²) in [7, 11) is 0. The number of rotatable bonds is 5. The summed E-state index contributed by atoms with van der Waals surface area (Å²) >= 11 is 0. The number of benzene rings is 1. The maximum Gasteiger partial charge on any atom is 0.291 e. The molecule has 0 radical (unpaired) electrons. The Morgan fingerprint density at radius 1 is 1.46 bits per heavy atom. The van der Waals surface area contributed by atoms with Crippen LogP contribution in [0.15, 0.2) is 41.3 Å². The highest BCUT2D eigenvalue weighted by atomic mass is 19.1. The molecule has 1 aromatic carbocycles. The predicted molar refractivity (Wildman–Crippen MR) is 83.3 cm³/mol. The quantitative estimate of drug-likeness (QED) is 0.469. The van der Waals surface area contributed by atoms with Crippen LogP contribution in [0.25, 0.3) is 0 Å². The minimum atomic E-state index is -1.32. The van der Waals surface area contributed by atoms with Crippen molar-refractivity contribution in [2.45, 2.75) is 12.8 Å². The van der Waals surface area contributed by atoms with E-state index in [1.807, 2.05) is 0 Å². The van der Waals surface area contributed by atoms with Crippen LogP contribution in [-0.2, 0) is 20.9 Å². The van der Waals surface area contributed by atoms with Gasteiger partial charge in [0, 0.05) is 6.54 Å². The number of ether oxygens (including phenoxy) is 1. The number of aldehydes is 1. The third-order valence-electron chi connectivity index (χ3n) is 3.72. The van der Waals surface area contributed by atoms with Gasteiger partial charge in [0.05, 0.1) is 37.3 Å². The van der Waals surface area contributed by atoms with Gasteiger partial charge >= 0.3 is 0 Å². The topological polar surface area (TPSA) is 75.9 Å². The van der Waals surface area contributed by atoms with Crippen LogP contribution >= 0.6 is 0 Å². The Balaban J connectivity index is 1.98.